The maximum Gasteiger partial charge on any atom is 0.264 e. The highest BCUT2D eigenvalue weighted by Crippen LogP contribution is 2.17. The number of hydrogen-bond acceptors (Lipinski definition) is 3. The summed E-state index contributed by atoms with van der Waals surface area (Å²) in [5, 5.41) is 10.7. The average molecular weight is 202 g/mol. The number of hydrogen-bond donors (Lipinski definition) is 1. The van der Waals surface area contributed by atoms with Crippen LogP contribution in [0.2, 0.25) is 0 Å². The molecule has 0 aromatic carbocycles. The van der Waals surface area contributed by atoms with Crippen LogP contribution in [0.1, 0.15) is 18.3 Å². The summed E-state index contributed by atoms with van der Waals surface area (Å²) >= 11 is 0. The van der Waals surface area contributed by atoms with Gasteiger partial charge in [0.25, 0.3) is 5.92 Å². The van der Waals surface area contributed by atoms with Crippen molar-refractivity contribution in [1.29, 1.82) is 0 Å². The molecule has 1 aromatic heterocycles. The van der Waals surface area contributed by atoms with Gasteiger partial charge in [0.15, 0.2) is 0 Å². The van der Waals surface area contributed by atoms with E-state index in [1.54, 1.807) is 0 Å². The van der Waals surface area contributed by atoms with Crippen LogP contribution in [0.4, 0.5) is 8.78 Å². The number of alkyl halides is 2. The first-order chi connectivity index (χ1) is 6.56. The van der Waals surface area contributed by atoms with Crippen LogP contribution in [0.5, 0.6) is 0 Å². The van der Waals surface area contributed by atoms with Gasteiger partial charge in [-0.3, -0.25) is 0 Å². The quantitative estimate of drug-likeness (QED) is 0.762. The summed E-state index contributed by atoms with van der Waals surface area (Å²) in [5.74, 6) is -2.73. The molecule has 0 bridgehead atoms. The lowest BCUT2D eigenvalue weighted by atomic mass is 10.2. The van der Waals surface area contributed by atoms with Gasteiger partial charge in [0.1, 0.15) is 6.54 Å². The minimum Gasteiger partial charge on any atom is -0.311 e. The van der Waals surface area contributed by atoms with E-state index < -0.39 is 5.92 Å². The molecule has 4 nitrogen and oxygen atoms in total. The van der Waals surface area contributed by atoms with Gasteiger partial charge in [0.05, 0.1) is 11.4 Å². The highest BCUT2D eigenvalue weighted by Gasteiger charge is 2.26. The molecule has 2 heterocycles. The van der Waals surface area contributed by atoms with E-state index in [1.807, 2.05) is 0 Å². The molecule has 14 heavy (non-hydrogen) atoms. The summed E-state index contributed by atoms with van der Waals surface area (Å²) in [6.45, 7) is 1.94. The normalized spacial score (nSPS) is 16.8. The molecule has 0 saturated heterocycles. The first-order valence-electron chi connectivity index (χ1n) is 4.56. The van der Waals surface area contributed by atoms with Crippen molar-refractivity contribution in [2.45, 2.75) is 32.4 Å². The lowest BCUT2D eigenvalue weighted by Gasteiger charge is -2.15. The van der Waals surface area contributed by atoms with E-state index >= 15 is 0 Å². The van der Waals surface area contributed by atoms with Crippen LogP contribution in [0.25, 0.3) is 0 Å². The third-order valence-corrected chi connectivity index (χ3v) is 2.18. The maximum absolute atomic E-state index is 12.8. The minimum atomic E-state index is -2.73. The highest BCUT2D eigenvalue weighted by atomic mass is 19.3. The minimum absolute atomic E-state index is 0.380. The standard InChI is InChI=1S/C8H12F2N4/c1-8(9,10)5-14-7-2-3-11-4-6(7)12-13-14/h11H,2-5H2,1H3. The molecule has 0 amide bonds. The second-order valence-electron chi connectivity index (χ2n) is 3.64. The zero-order valence-electron chi connectivity index (χ0n) is 7.93. The third-order valence-electron chi connectivity index (χ3n) is 2.18. The van der Waals surface area contributed by atoms with Crippen LogP contribution in [-0.2, 0) is 19.5 Å². The molecule has 1 aliphatic rings. The van der Waals surface area contributed by atoms with Crippen molar-refractivity contribution in [1.82, 2.24) is 20.3 Å². The molecular weight excluding hydrogens is 190 g/mol. The molecule has 1 aliphatic heterocycles. The van der Waals surface area contributed by atoms with Crippen LogP contribution >= 0.6 is 0 Å². The summed E-state index contributed by atoms with van der Waals surface area (Å²) in [6.07, 6.45) is 0.721. The molecule has 78 valence electrons. The van der Waals surface area contributed by atoms with E-state index in [0.717, 1.165) is 31.3 Å². The Morgan fingerprint density at radius 3 is 3.07 bits per heavy atom. The van der Waals surface area contributed by atoms with Crippen LogP contribution < -0.4 is 5.32 Å². The Morgan fingerprint density at radius 1 is 1.57 bits per heavy atom. The molecule has 0 unspecified atom stereocenters. The van der Waals surface area contributed by atoms with Gasteiger partial charge in [-0.15, -0.1) is 5.10 Å². The van der Waals surface area contributed by atoms with Gasteiger partial charge in [-0.1, -0.05) is 5.21 Å². The summed E-state index contributed by atoms with van der Waals surface area (Å²) < 4.78 is 26.8. The average Bonchev–Trinajstić information content (AvgIpc) is 2.47. The van der Waals surface area contributed by atoms with Gasteiger partial charge in [-0.2, -0.15) is 0 Å². The fourth-order valence-electron chi connectivity index (χ4n) is 1.58. The monoisotopic (exact) mass is 202 g/mol. The van der Waals surface area contributed by atoms with Crippen molar-refractivity contribution < 1.29 is 8.78 Å². The number of halogens is 2. The first kappa shape index (κ1) is 9.51. The fraction of sp³-hybridized carbons (Fsp3) is 0.750. The van der Waals surface area contributed by atoms with E-state index in [1.165, 1.54) is 4.68 Å². The summed E-state index contributed by atoms with van der Waals surface area (Å²) in [5.41, 5.74) is 1.63. The number of nitrogens with one attached hydrogen (secondary N) is 1. The molecule has 0 aliphatic carbocycles. The summed E-state index contributed by atoms with van der Waals surface area (Å²) in [6, 6.07) is 0. The fourth-order valence-corrected chi connectivity index (χ4v) is 1.58. The molecule has 1 aromatic rings. The van der Waals surface area contributed by atoms with E-state index in [9.17, 15) is 8.78 Å². The second-order valence-corrected chi connectivity index (χ2v) is 3.64. The Bertz CT molecular complexity index is 329. The Morgan fingerprint density at radius 2 is 2.36 bits per heavy atom. The van der Waals surface area contributed by atoms with Gasteiger partial charge >= 0.3 is 0 Å². The zero-order chi connectivity index (χ0) is 10.2. The van der Waals surface area contributed by atoms with E-state index in [-0.39, 0.29) is 6.54 Å². The zero-order valence-corrected chi connectivity index (χ0v) is 7.93. The SMILES string of the molecule is CC(F)(F)Cn1nnc2c1CCNC2. The topological polar surface area (TPSA) is 42.7 Å². The Balaban J connectivity index is 2.22. The van der Waals surface area contributed by atoms with E-state index in [4.69, 9.17) is 0 Å². The number of rotatable bonds is 2. The van der Waals surface area contributed by atoms with Gasteiger partial charge < -0.3 is 5.32 Å². The molecule has 0 spiro atoms. The summed E-state index contributed by atoms with van der Waals surface area (Å²) in [4.78, 5) is 0. The van der Waals surface area contributed by atoms with Crippen LogP contribution in [-0.4, -0.2) is 27.5 Å². The van der Waals surface area contributed by atoms with Crippen molar-refractivity contribution in [3.8, 4) is 0 Å². The highest BCUT2D eigenvalue weighted by molar-refractivity contribution is 5.13. The van der Waals surface area contributed by atoms with Crippen molar-refractivity contribution >= 4 is 0 Å². The third kappa shape index (κ3) is 1.89. The number of nitrogens with zero attached hydrogens (tertiary/aromatic N) is 3. The Labute approximate surface area is 80.3 Å². The molecular formula is C8H12F2N4. The Kier molecular flexibility index (Phi) is 2.22. The number of fused-ring (bicyclic) bond motifs is 1. The first-order valence-corrected chi connectivity index (χ1v) is 4.56. The molecule has 0 fully saturated rings. The van der Waals surface area contributed by atoms with Gasteiger partial charge in [-0.05, 0) is 0 Å². The van der Waals surface area contributed by atoms with Crippen LogP contribution in [0.15, 0.2) is 0 Å². The van der Waals surface area contributed by atoms with Gasteiger partial charge in [0, 0.05) is 26.4 Å². The number of aromatic nitrogens is 3. The second kappa shape index (κ2) is 3.27. The predicted octanol–water partition coefficient (Wildman–Crippen LogP) is 0.579. The van der Waals surface area contributed by atoms with Crippen molar-refractivity contribution in [2.75, 3.05) is 6.54 Å². The van der Waals surface area contributed by atoms with Crippen molar-refractivity contribution in [3.05, 3.63) is 11.4 Å². The van der Waals surface area contributed by atoms with Gasteiger partial charge in [-0.25, -0.2) is 13.5 Å². The lowest BCUT2D eigenvalue weighted by Crippen LogP contribution is -2.27. The largest absolute Gasteiger partial charge is 0.311 e. The molecule has 0 saturated carbocycles. The maximum atomic E-state index is 12.8. The van der Waals surface area contributed by atoms with E-state index in [0.29, 0.717) is 6.54 Å². The van der Waals surface area contributed by atoms with Crippen molar-refractivity contribution in [3.63, 3.8) is 0 Å². The molecule has 6 heteroatoms. The van der Waals surface area contributed by atoms with Crippen molar-refractivity contribution in [2.24, 2.45) is 0 Å². The van der Waals surface area contributed by atoms with Gasteiger partial charge in [0.2, 0.25) is 0 Å². The van der Waals surface area contributed by atoms with Crippen LogP contribution in [0.3, 0.4) is 0 Å². The lowest BCUT2D eigenvalue weighted by molar-refractivity contribution is -0.000734. The molecule has 0 radical (unpaired) electrons. The molecule has 2 rings (SSSR count). The Hall–Kier alpha value is -1.04. The van der Waals surface area contributed by atoms with E-state index in [2.05, 4.69) is 15.6 Å². The van der Waals surface area contributed by atoms with Crippen LogP contribution in [0, 0.1) is 0 Å². The summed E-state index contributed by atoms with van der Waals surface area (Å²) in [7, 11) is 0. The predicted molar refractivity (Wildman–Crippen MR) is 46.1 cm³/mol. The molecule has 1 N–H and O–H groups in total. The molecule has 0 atom stereocenters. The smallest absolute Gasteiger partial charge is 0.264 e.